The van der Waals surface area contributed by atoms with Gasteiger partial charge in [-0.15, -0.1) is 0 Å². The Balaban J connectivity index is 1.84. The molecule has 0 aliphatic carbocycles. The molecule has 0 amide bonds. The van der Waals surface area contributed by atoms with E-state index in [1.165, 1.54) is 0 Å². The average Bonchev–Trinajstić information content (AvgIpc) is 2.86. The van der Waals surface area contributed by atoms with E-state index >= 15 is 0 Å². The van der Waals surface area contributed by atoms with Gasteiger partial charge in [-0.1, -0.05) is 0 Å². The van der Waals surface area contributed by atoms with Crippen LogP contribution < -0.4 is 15.9 Å². The van der Waals surface area contributed by atoms with Crippen LogP contribution in [0.4, 0.5) is 0 Å². The summed E-state index contributed by atoms with van der Waals surface area (Å²) in [6, 6.07) is 22.1. The van der Waals surface area contributed by atoms with Gasteiger partial charge in [0.25, 0.3) is 0 Å². The summed E-state index contributed by atoms with van der Waals surface area (Å²) in [5.41, 5.74) is 0. The van der Waals surface area contributed by atoms with Crippen LogP contribution in [-0.2, 0) is 4.79 Å². The zero-order valence-electron chi connectivity index (χ0n) is 20.5. The van der Waals surface area contributed by atoms with Crippen LogP contribution in [0.15, 0.2) is 72.8 Å². The van der Waals surface area contributed by atoms with Crippen molar-refractivity contribution in [3.8, 4) is 17.2 Å². The number of phenolic OH excluding ortho intramolecular Hbond substituents is 3. The predicted molar refractivity (Wildman–Crippen MR) is 153 cm³/mol. The number of carboxylic acids is 1. The number of unbranched alkanes of at least 4 members (excludes halogenated alkanes) is 7. The summed E-state index contributed by atoms with van der Waals surface area (Å²) in [7, 11) is 0. The zero-order chi connectivity index (χ0) is 26.0. The van der Waals surface area contributed by atoms with E-state index < -0.39 is 11.3 Å². The standard InChI is InChI=1S/C29H36BrO5P/c30-36(26-16-10-23(31)11-17-26,27-18-12-24(32)13-19-27,28-20-14-25(33)15-21-28)22-8-6-4-2-1-3-5-7-9-29(34)35/h10-21,31-33H,1-9,22H2,(H,34,35). The van der Waals surface area contributed by atoms with Gasteiger partial charge in [-0.2, -0.15) is 0 Å². The van der Waals surface area contributed by atoms with Crippen LogP contribution in [0.2, 0.25) is 0 Å². The normalized spacial score (nSPS) is 12.6. The Kier molecular flexibility index (Phi) is 9.81. The monoisotopic (exact) mass is 574 g/mol. The van der Waals surface area contributed by atoms with E-state index in [0.29, 0.717) is 0 Å². The fraction of sp³-hybridized carbons (Fsp3) is 0.345. The van der Waals surface area contributed by atoms with E-state index in [9.17, 15) is 20.1 Å². The van der Waals surface area contributed by atoms with Gasteiger partial charge in [0.05, 0.1) is 0 Å². The molecule has 3 aromatic carbocycles. The third-order valence-electron chi connectivity index (χ3n) is 6.88. The van der Waals surface area contributed by atoms with Crippen LogP contribution in [0.25, 0.3) is 0 Å². The number of carboxylic acid groups (broad SMARTS) is 1. The van der Waals surface area contributed by atoms with Gasteiger partial charge in [-0.3, -0.25) is 0 Å². The Morgan fingerprint density at radius 1 is 0.556 bits per heavy atom. The molecule has 0 bridgehead atoms. The Bertz CT molecular complexity index is 1000. The van der Waals surface area contributed by atoms with Crippen molar-refractivity contribution in [3.63, 3.8) is 0 Å². The zero-order valence-corrected chi connectivity index (χ0v) is 23.0. The molecule has 0 radical (unpaired) electrons. The van der Waals surface area contributed by atoms with Crippen LogP contribution in [0.3, 0.4) is 0 Å². The minimum absolute atomic E-state index is 0.205. The molecule has 3 aromatic rings. The van der Waals surface area contributed by atoms with E-state index in [4.69, 9.17) is 5.11 Å². The van der Waals surface area contributed by atoms with Crippen molar-refractivity contribution in [1.82, 2.24) is 0 Å². The summed E-state index contributed by atoms with van der Waals surface area (Å²) in [5.74, 6) is -0.106. The first kappa shape index (κ1) is 28.0. The Morgan fingerprint density at radius 2 is 0.861 bits per heavy atom. The molecule has 3 rings (SSSR count). The molecule has 0 unspecified atom stereocenters. The second-order valence-electron chi connectivity index (χ2n) is 9.43. The number of rotatable bonds is 14. The van der Waals surface area contributed by atoms with Crippen molar-refractivity contribution in [2.45, 2.75) is 57.8 Å². The van der Waals surface area contributed by atoms with E-state index in [1.54, 1.807) is 36.4 Å². The molecule has 0 spiro atoms. The van der Waals surface area contributed by atoms with Crippen molar-refractivity contribution in [3.05, 3.63) is 72.8 Å². The number of benzene rings is 3. The molecule has 0 aromatic heterocycles. The molecule has 36 heavy (non-hydrogen) atoms. The number of carbonyl (C=O) groups is 1. The van der Waals surface area contributed by atoms with Gasteiger partial charge in [0.2, 0.25) is 0 Å². The first-order chi connectivity index (χ1) is 17.2. The molecule has 0 saturated carbocycles. The molecular formula is C29H36BrO5P. The number of hydrogen-bond donors (Lipinski definition) is 4. The second-order valence-corrected chi connectivity index (χ2v) is 18.5. The van der Waals surface area contributed by atoms with E-state index in [2.05, 4.69) is 15.5 Å². The fourth-order valence-corrected chi connectivity index (χ4v) is 12.5. The Hall–Kier alpha value is -2.56. The Morgan fingerprint density at radius 3 is 1.19 bits per heavy atom. The fourth-order valence-electron chi connectivity index (χ4n) is 4.87. The summed E-state index contributed by atoms with van der Waals surface area (Å²) < 4.78 is 0. The summed E-state index contributed by atoms with van der Waals surface area (Å²) in [6.45, 7) is 0. The SMILES string of the molecule is O=C(O)CCCCCCCCCCP(Br)(c1ccc(O)cc1)(c1ccc(O)cc1)c1ccc(O)cc1. The van der Waals surface area contributed by atoms with Gasteiger partial charge in [0, 0.05) is 0 Å². The van der Waals surface area contributed by atoms with Crippen LogP contribution in [0.5, 0.6) is 17.2 Å². The van der Waals surface area contributed by atoms with Crippen molar-refractivity contribution in [2.75, 3.05) is 6.16 Å². The maximum atomic E-state index is 10.6. The number of hydrogen-bond acceptors (Lipinski definition) is 4. The first-order valence-corrected chi connectivity index (χ1v) is 17.0. The van der Waals surface area contributed by atoms with Gasteiger partial charge in [0.15, 0.2) is 0 Å². The molecule has 4 N–H and O–H groups in total. The van der Waals surface area contributed by atoms with Crippen molar-refractivity contribution in [2.24, 2.45) is 0 Å². The van der Waals surface area contributed by atoms with Gasteiger partial charge in [-0.25, -0.2) is 0 Å². The van der Waals surface area contributed by atoms with Crippen molar-refractivity contribution < 1.29 is 25.2 Å². The van der Waals surface area contributed by atoms with Gasteiger partial charge < -0.3 is 0 Å². The molecule has 0 atom stereocenters. The van der Waals surface area contributed by atoms with E-state index in [1.807, 2.05) is 36.4 Å². The molecule has 0 fully saturated rings. The number of halogens is 1. The minimum atomic E-state index is -3.18. The summed E-state index contributed by atoms with van der Waals surface area (Å²) in [6.07, 6.45) is 9.28. The molecule has 0 heterocycles. The first-order valence-electron chi connectivity index (χ1n) is 12.6. The second kappa shape index (κ2) is 12.6. The van der Waals surface area contributed by atoms with Crippen molar-refractivity contribution in [1.29, 1.82) is 0 Å². The number of aliphatic carboxylic acids is 1. The van der Waals surface area contributed by atoms with Gasteiger partial charge in [-0.05, 0) is 0 Å². The molecule has 5 nitrogen and oxygen atoms in total. The number of phenols is 3. The quantitative estimate of drug-likeness (QED) is 0.129. The molecule has 0 aliphatic heterocycles. The van der Waals surface area contributed by atoms with Crippen LogP contribution in [0, 0.1) is 0 Å². The molecular weight excluding hydrogens is 539 g/mol. The van der Waals surface area contributed by atoms with Gasteiger partial charge in [0.1, 0.15) is 0 Å². The Labute approximate surface area is 221 Å². The molecule has 0 aliphatic rings. The van der Waals surface area contributed by atoms with Gasteiger partial charge >= 0.3 is 222 Å². The molecule has 194 valence electrons. The maximum absolute atomic E-state index is 10.6. The third kappa shape index (κ3) is 6.60. The molecule has 0 saturated heterocycles. The summed E-state index contributed by atoms with van der Waals surface area (Å²) >= 11 is 4.35. The van der Waals surface area contributed by atoms with E-state index in [-0.39, 0.29) is 23.7 Å². The van der Waals surface area contributed by atoms with Crippen LogP contribution >= 0.6 is 20.8 Å². The van der Waals surface area contributed by atoms with Crippen LogP contribution in [0.1, 0.15) is 57.8 Å². The van der Waals surface area contributed by atoms with E-state index in [0.717, 1.165) is 73.4 Å². The predicted octanol–water partition coefficient (Wildman–Crippen LogP) is 6.54. The third-order valence-corrected chi connectivity index (χ3v) is 16.9. The number of aromatic hydroxyl groups is 3. The average molecular weight is 575 g/mol. The molecule has 7 heteroatoms. The summed E-state index contributed by atoms with van der Waals surface area (Å²) in [5, 5.41) is 38.8. The summed E-state index contributed by atoms with van der Waals surface area (Å²) in [4.78, 5) is 10.6. The van der Waals surface area contributed by atoms with Crippen LogP contribution in [-0.4, -0.2) is 32.6 Å². The van der Waals surface area contributed by atoms with Crippen molar-refractivity contribution >= 4 is 42.7 Å². The topological polar surface area (TPSA) is 98.0 Å².